The largest absolute Gasteiger partial charge is 0.418 e. The minimum atomic E-state index is -4.95. The Morgan fingerprint density at radius 3 is 2.53 bits per heavy atom. The number of nitrogens with two attached hydrogens (primary N) is 1. The van der Waals surface area contributed by atoms with Gasteiger partial charge in [-0.2, -0.15) is 32.3 Å². The third-order valence-corrected chi connectivity index (χ3v) is 4.38. The lowest BCUT2D eigenvalue weighted by Crippen LogP contribution is -2.20. The van der Waals surface area contributed by atoms with Crippen molar-refractivity contribution in [3.63, 3.8) is 0 Å². The molecule has 0 spiro atoms. The van der Waals surface area contributed by atoms with Crippen LogP contribution < -0.4 is 11.1 Å². The standard InChI is InChI=1S/C20H13F5N6O/c21-19(22)31-9-11(8-29-31)17(28)14-6-12(4-5-15(14)27)30-18(32)13-3-1-2-10(7-26)16(13)20(23,24)25/h1-6,8-9,19,28H,27H2,(H,30,32). The molecule has 1 amide bonds. The Balaban J connectivity index is 1.94. The summed E-state index contributed by atoms with van der Waals surface area (Å²) < 4.78 is 66.1. The first-order valence-corrected chi connectivity index (χ1v) is 8.75. The third kappa shape index (κ3) is 4.41. The van der Waals surface area contributed by atoms with E-state index < -0.39 is 35.3 Å². The highest BCUT2D eigenvalue weighted by molar-refractivity contribution is 6.14. The number of alkyl halides is 5. The van der Waals surface area contributed by atoms with E-state index in [1.54, 1.807) is 0 Å². The van der Waals surface area contributed by atoms with Gasteiger partial charge in [-0.15, -0.1) is 0 Å². The summed E-state index contributed by atoms with van der Waals surface area (Å²) in [5, 5.41) is 22.9. The second kappa shape index (κ2) is 8.46. The highest BCUT2D eigenvalue weighted by Gasteiger charge is 2.38. The Hall–Kier alpha value is -4.27. The molecule has 0 aliphatic carbocycles. The normalized spacial score (nSPS) is 11.3. The average molecular weight is 448 g/mol. The molecule has 7 nitrogen and oxygen atoms in total. The van der Waals surface area contributed by atoms with Crippen LogP contribution in [-0.2, 0) is 6.18 Å². The number of amides is 1. The van der Waals surface area contributed by atoms with Crippen LogP contribution in [-0.4, -0.2) is 21.4 Å². The van der Waals surface area contributed by atoms with Crippen LogP contribution in [0.25, 0.3) is 0 Å². The van der Waals surface area contributed by atoms with E-state index in [4.69, 9.17) is 16.4 Å². The van der Waals surface area contributed by atoms with E-state index in [0.717, 1.165) is 30.6 Å². The molecule has 0 fully saturated rings. The number of nitriles is 1. The number of carbonyl (C=O) groups excluding carboxylic acids is 1. The van der Waals surface area contributed by atoms with Gasteiger partial charge in [-0.3, -0.25) is 10.2 Å². The lowest BCUT2D eigenvalue weighted by molar-refractivity contribution is -0.138. The summed E-state index contributed by atoms with van der Waals surface area (Å²) in [6.07, 6.45) is -2.98. The summed E-state index contributed by atoms with van der Waals surface area (Å²) in [5.74, 6) is -1.14. The van der Waals surface area contributed by atoms with Crippen molar-refractivity contribution in [3.8, 4) is 6.07 Å². The molecule has 0 saturated heterocycles. The Bertz CT molecular complexity index is 1240. The van der Waals surface area contributed by atoms with Crippen molar-refractivity contribution in [2.24, 2.45) is 0 Å². The molecular weight excluding hydrogens is 435 g/mol. The molecule has 0 aliphatic heterocycles. The SMILES string of the molecule is N#Cc1cccc(C(=O)Nc2ccc(N)c(C(=N)c3cnn(C(F)F)c3)c2)c1C(F)(F)F. The minimum absolute atomic E-state index is 0.000636. The predicted octanol–water partition coefficient (Wildman–Crippen LogP) is 4.42. The lowest BCUT2D eigenvalue weighted by atomic mass is 10.00. The maximum absolute atomic E-state index is 13.4. The Kier molecular flexibility index (Phi) is 5.93. The molecule has 2 aromatic carbocycles. The topological polar surface area (TPSA) is 121 Å². The maximum atomic E-state index is 13.4. The molecule has 0 unspecified atom stereocenters. The van der Waals surface area contributed by atoms with Gasteiger partial charge in [0.25, 0.3) is 5.91 Å². The molecule has 3 rings (SSSR count). The van der Waals surface area contributed by atoms with Gasteiger partial charge < -0.3 is 11.1 Å². The van der Waals surface area contributed by atoms with Crippen molar-refractivity contribution in [3.05, 3.63) is 76.6 Å². The van der Waals surface area contributed by atoms with Crippen molar-refractivity contribution >= 4 is 23.0 Å². The van der Waals surface area contributed by atoms with Gasteiger partial charge in [0.1, 0.15) is 0 Å². The van der Waals surface area contributed by atoms with Crippen molar-refractivity contribution in [2.45, 2.75) is 12.7 Å². The minimum Gasteiger partial charge on any atom is -0.398 e. The lowest BCUT2D eigenvalue weighted by Gasteiger charge is -2.15. The van der Waals surface area contributed by atoms with Gasteiger partial charge in [-0.25, -0.2) is 4.68 Å². The van der Waals surface area contributed by atoms with E-state index in [9.17, 15) is 26.7 Å². The van der Waals surface area contributed by atoms with Crippen LogP contribution in [0.15, 0.2) is 48.8 Å². The van der Waals surface area contributed by atoms with Gasteiger partial charge in [0, 0.05) is 28.7 Å². The monoisotopic (exact) mass is 448 g/mol. The quantitative estimate of drug-likeness (QED) is 0.304. The third-order valence-electron chi connectivity index (χ3n) is 4.38. The zero-order valence-electron chi connectivity index (χ0n) is 15.9. The summed E-state index contributed by atoms with van der Waals surface area (Å²) in [7, 11) is 0. The van der Waals surface area contributed by atoms with Crippen molar-refractivity contribution in [1.29, 1.82) is 10.7 Å². The number of aromatic nitrogens is 2. The Morgan fingerprint density at radius 1 is 1.22 bits per heavy atom. The maximum Gasteiger partial charge on any atom is 0.418 e. The fraction of sp³-hybridized carbons (Fsp3) is 0.100. The first kappa shape index (κ1) is 22.4. The van der Waals surface area contributed by atoms with Gasteiger partial charge in [-0.1, -0.05) is 6.07 Å². The van der Waals surface area contributed by atoms with Gasteiger partial charge in [0.05, 0.1) is 34.7 Å². The molecule has 0 saturated carbocycles. The molecule has 0 bridgehead atoms. The molecule has 0 radical (unpaired) electrons. The number of nitrogens with one attached hydrogen (secondary N) is 2. The number of benzene rings is 2. The van der Waals surface area contributed by atoms with Crippen molar-refractivity contribution < 1.29 is 26.7 Å². The molecule has 0 atom stereocenters. The fourth-order valence-electron chi connectivity index (χ4n) is 2.92. The second-order valence-electron chi connectivity index (χ2n) is 6.46. The van der Waals surface area contributed by atoms with Gasteiger partial charge in [0.15, 0.2) is 0 Å². The summed E-state index contributed by atoms with van der Waals surface area (Å²) in [6.45, 7) is -2.91. The van der Waals surface area contributed by atoms with E-state index in [-0.39, 0.29) is 28.2 Å². The number of hydrogen-bond donors (Lipinski definition) is 3. The highest BCUT2D eigenvalue weighted by Crippen LogP contribution is 2.35. The van der Waals surface area contributed by atoms with Crippen LogP contribution >= 0.6 is 0 Å². The van der Waals surface area contributed by atoms with Crippen molar-refractivity contribution in [1.82, 2.24) is 9.78 Å². The molecule has 1 aromatic heterocycles. The highest BCUT2D eigenvalue weighted by atomic mass is 19.4. The van der Waals surface area contributed by atoms with E-state index in [2.05, 4.69) is 10.4 Å². The van der Waals surface area contributed by atoms with Crippen LogP contribution in [0.3, 0.4) is 0 Å². The number of halogens is 5. The molecule has 3 aromatic rings. The zero-order chi connectivity index (χ0) is 23.6. The number of nitrogens with zero attached hydrogens (tertiary/aromatic N) is 3. The van der Waals surface area contributed by atoms with Crippen LogP contribution in [0, 0.1) is 16.7 Å². The van der Waals surface area contributed by atoms with Crippen LogP contribution in [0.2, 0.25) is 0 Å². The summed E-state index contributed by atoms with van der Waals surface area (Å²) in [6, 6.07) is 8.25. The Morgan fingerprint density at radius 2 is 1.94 bits per heavy atom. The fourth-order valence-corrected chi connectivity index (χ4v) is 2.92. The smallest absolute Gasteiger partial charge is 0.398 e. The Labute approximate surface area is 177 Å². The number of rotatable bonds is 5. The van der Waals surface area contributed by atoms with E-state index in [1.165, 1.54) is 24.3 Å². The number of carbonyl (C=O) groups is 1. The average Bonchev–Trinajstić information content (AvgIpc) is 3.24. The first-order chi connectivity index (χ1) is 15.0. The van der Waals surface area contributed by atoms with Crippen LogP contribution in [0.4, 0.5) is 33.3 Å². The molecule has 1 heterocycles. The van der Waals surface area contributed by atoms with Crippen molar-refractivity contribution in [2.75, 3.05) is 11.1 Å². The molecule has 164 valence electrons. The number of hydrogen-bond acceptors (Lipinski definition) is 5. The van der Waals surface area contributed by atoms with Gasteiger partial charge in [-0.05, 0) is 30.3 Å². The summed E-state index contributed by atoms with van der Waals surface area (Å²) in [4.78, 5) is 12.6. The second-order valence-corrected chi connectivity index (χ2v) is 6.46. The molecular formula is C20H13F5N6O. The van der Waals surface area contributed by atoms with E-state index in [0.29, 0.717) is 4.68 Å². The predicted molar refractivity (Wildman–Crippen MR) is 104 cm³/mol. The molecule has 12 heteroatoms. The van der Waals surface area contributed by atoms with E-state index in [1.807, 2.05) is 0 Å². The van der Waals surface area contributed by atoms with Crippen LogP contribution in [0.1, 0.15) is 39.2 Å². The van der Waals surface area contributed by atoms with Crippen LogP contribution in [0.5, 0.6) is 0 Å². The number of anilines is 2. The molecule has 0 aliphatic rings. The summed E-state index contributed by atoms with van der Waals surface area (Å²) >= 11 is 0. The molecule has 4 N–H and O–H groups in total. The van der Waals surface area contributed by atoms with E-state index >= 15 is 0 Å². The zero-order valence-corrected chi connectivity index (χ0v) is 15.9. The molecule has 32 heavy (non-hydrogen) atoms. The van der Waals surface area contributed by atoms with Gasteiger partial charge in [0.2, 0.25) is 0 Å². The first-order valence-electron chi connectivity index (χ1n) is 8.75. The van der Waals surface area contributed by atoms with Gasteiger partial charge >= 0.3 is 12.7 Å². The number of nitrogen functional groups attached to an aromatic ring is 1. The summed E-state index contributed by atoms with van der Waals surface area (Å²) in [5.41, 5.74) is 2.84.